The Bertz CT molecular complexity index is 369. The third-order valence-electron chi connectivity index (χ3n) is 3.33. The average molecular weight is 269 g/mol. The van der Waals surface area contributed by atoms with Crippen LogP contribution in [0.2, 0.25) is 0 Å². The van der Waals surface area contributed by atoms with Gasteiger partial charge < -0.3 is 10.2 Å². The maximum Gasteiger partial charge on any atom is 0.226 e. The monoisotopic (exact) mass is 268 g/mol. The van der Waals surface area contributed by atoms with Crippen LogP contribution in [0, 0.1) is 5.92 Å². The molecule has 1 N–H and O–H groups in total. The first kappa shape index (κ1) is 15.0. The smallest absolute Gasteiger partial charge is 0.226 e. The maximum absolute atomic E-state index is 12.1. The molecule has 1 unspecified atom stereocenters. The second kappa shape index (κ2) is 7.39. The first-order valence-corrected chi connectivity index (χ1v) is 6.26. The third-order valence-corrected chi connectivity index (χ3v) is 3.33. The molecular weight excluding hydrogens is 248 g/mol. The number of carbonyl (C=O) groups excluding carboxylic acids is 1. The van der Waals surface area contributed by atoms with Crippen molar-refractivity contribution in [1.29, 1.82) is 0 Å². The van der Waals surface area contributed by atoms with E-state index in [0.29, 0.717) is 12.3 Å². The summed E-state index contributed by atoms with van der Waals surface area (Å²) in [6, 6.07) is 9.97. The number of rotatable bonds is 4. The van der Waals surface area contributed by atoms with Gasteiger partial charge in [0.1, 0.15) is 0 Å². The van der Waals surface area contributed by atoms with Crippen molar-refractivity contribution in [2.24, 2.45) is 5.92 Å². The van der Waals surface area contributed by atoms with Crippen molar-refractivity contribution in [2.45, 2.75) is 12.8 Å². The Morgan fingerprint density at radius 2 is 2.11 bits per heavy atom. The predicted octanol–water partition coefficient (Wildman–Crippen LogP) is 1.72. The maximum atomic E-state index is 12.1. The van der Waals surface area contributed by atoms with Crippen LogP contribution in [0.25, 0.3) is 0 Å². The number of hydrogen-bond acceptors (Lipinski definition) is 2. The number of amides is 1. The van der Waals surface area contributed by atoms with E-state index in [0.717, 1.165) is 31.6 Å². The van der Waals surface area contributed by atoms with E-state index in [9.17, 15) is 4.79 Å². The van der Waals surface area contributed by atoms with Crippen LogP contribution in [-0.2, 0) is 11.2 Å². The van der Waals surface area contributed by atoms with Crippen molar-refractivity contribution in [3.05, 3.63) is 35.9 Å². The minimum Gasteiger partial charge on any atom is -0.342 e. The predicted molar refractivity (Wildman–Crippen MR) is 76.0 cm³/mol. The van der Waals surface area contributed by atoms with Crippen molar-refractivity contribution >= 4 is 18.3 Å². The Balaban J connectivity index is 0.00000162. The molecule has 0 aliphatic carbocycles. The molecule has 1 atom stereocenters. The average Bonchev–Trinajstić information content (AvgIpc) is 2.79. The molecule has 1 fully saturated rings. The zero-order valence-corrected chi connectivity index (χ0v) is 11.6. The second-order valence-corrected chi connectivity index (χ2v) is 4.71. The highest BCUT2D eigenvalue weighted by Crippen LogP contribution is 2.16. The molecule has 1 heterocycles. The number of likely N-dealkylation sites (tertiary alicyclic amines) is 1. The fraction of sp³-hybridized carbons (Fsp3) is 0.500. The first-order valence-electron chi connectivity index (χ1n) is 6.26. The van der Waals surface area contributed by atoms with E-state index in [4.69, 9.17) is 0 Å². The second-order valence-electron chi connectivity index (χ2n) is 4.71. The summed E-state index contributed by atoms with van der Waals surface area (Å²) in [6.07, 6.45) is 1.66. The topological polar surface area (TPSA) is 32.3 Å². The summed E-state index contributed by atoms with van der Waals surface area (Å²) in [6.45, 7) is 2.83. The molecule has 0 spiro atoms. The molecular formula is C14H21ClN2O. The quantitative estimate of drug-likeness (QED) is 0.902. The van der Waals surface area contributed by atoms with E-state index >= 15 is 0 Å². The molecule has 0 bridgehead atoms. The van der Waals surface area contributed by atoms with E-state index in [1.54, 1.807) is 0 Å². The molecule has 0 radical (unpaired) electrons. The Labute approximate surface area is 115 Å². The lowest BCUT2D eigenvalue weighted by Crippen LogP contribution is -2.31. The van der Waals surface area contributed by atoms with Crippen LogP contribution >= 0.6 is 12.4 Å². The van der Waals surface area contributed by atoms with Gasteiger partial charge in [0.2, 0.25) is 5.91 Å². The van der Waals surface area contributed by atoms with Gasteiger partial charge in [-0.25, -0.2) is 0 Å². The molecule has 1 aliphatic rings. The van der Waals surface area contributed by atoms with Crippen LogP contribution in [0.3, 0.4) is 0 Å². The molecule has 1 aromatic carbocycles. The molecule has 3 nitrogen and oxygen atoms in total. The summed E-state index contributed by atoms with van der Waals surface area (Å²) in [7, 11) is 1.97. The molecule has 0 saturated carbocycles. The van der Waals surface area contributed by atoms with E-state index in [1.807, 2.05) is 42.3 Å². The summed E-state index contributed by atoms with van der Waals surface area (Å²) < 4.78 is 0. The van der Waals surface area contributed by atoms with Gasteiger partial charge in [-0.05, 0) is 31.5 Å². The summed E-state index contributed by atoms with van der Waals surface area (Å²) >= 11 is 0. The number of nitrogens with one attached hydrogen (secondary N) is 1. The number of halogens is 1. The first-order chi connectivity index (χ1) is 8.29. The third kappa shape index (κ3) is 4.00. The van der Waals surface area contributed by atoms with Crippen LogP contribution in [-0.4, -0.2) is 37.5 Å². The van der Waals surface area contributed by atoms with E-state index in [2.05, 4.69) is 5.32 Å². The fourth-order valence-corrected chi connectivity index (χ4v) is 2.40. The van der Waals surface area contributed by atoms with Crippen molar-refractivity contribution in [1.82, 2.24) is 10.2 Å². The summed E-state index contributed by atoms with van der Waals surface area (Å²) in [5.74, 6) is 0.884. The van der Waals surface area contributed by atoms with Crippen molar-refractivity contribution in [2.75, 3.05) is 26.7 Å². The van der Waals surface area contributed by atoms with E-state index < -0.39 is 0 Å². The number of benzene rings is 1. The van der Waals surface area contributed by atoms with Crippen molar-refractivity contribution < 1.29 is 4.79 Å². The molecule has 1 aromatic rings. The lowest BCUT2D eigenvalue weighted by atomic mass is 10.1. The normalized spacial score (nSPS) is 18.5. The molecule has 1 amide bonds. The van der Waals surface area contributed by atoms with Gasteiger partial charge in [0, 0.05) is 13.1 Å². The fourth-order valence-electron chi connectivity index (χ4n) is 2.40. The molecule has 1 saturated heterocycles. The van der Waals surface area contributed by atoms with E-state index in [-0.39, 0.29) is 18.3 Å². The van der Waals surface area contributed by atoms with Crippen molar-refractivity contribution in [3.8, 4) is 0 Å². The largest absolute Gasteiger partial charge is 0.342 e. The standard InChI is InChI=1S/C14H20N2O.ClH/c1-15-10-13-7-8-16(11-13)14(17)9-12-5-3-2-4-6-12;/h2-6,13,15H,7-11H2,1H3;1H. The minimum absolute atomic E-state index is 0. The van der Waals surface area contributed by atoms with Gasteiger partial charge in [-0.2, -0.15) is 0 Å². The highest BCUT2D eigenvalue weighted by Gasteiger charge is 2.25. The Hall–Kier alpha value is -1.06. The zero-order chi connectivity index (χ0) is 12.1. The molecule has 0 aromatic heterocycles. The van der Waals surface area contributed by atoms with Crippen molar-refractivity contribution in [3.63, 3.8) is 0 Å². The Kier molecular flexibility index (Phi) is 6.16. The zero-order valence-electron chi connectivity index (χ0n) is 10.8. The molecule has 2 rings (SSSR count). The van der Waals surface area contributed by atoms with Gasteiger partial charge in [0.25, 0.3) is 0 Å². The van der Waals surface area contributed by atoms with Crippen LogP contribution < -0.4 is 5.32 Å². The van der Waals surface area contributed by atoms with Crippen LogP contribution in [0.5, 0.6) is 0 Å². The van der Waals surface area contributed by atoms with Gasteiger partial charge in [0.15, 0.2) is 0 Å². The minimum atomic E-state index is 0. The van der Waals surface area contributed by atoms with Gasteiger partial charge in [-0.3, -0.25) is 4.79 Å². The van der Waals surface area contributed by atoms with Crippen LogP contribution in [0.4, 0.5) is 0 Å². The summed E-state index contributed by atoms with van der Waals surface area (Å²) in [5.41, 5.74) is 1.11. The van der Waals surface area contributed by atoms with E-state index in [1.165, 1.54) is 0 Å². The molecule has 100 valence electrons. The lowest BCUT2D eigenvalue weighted by molar-refractivity contribution is -0.129. The number of hydrogen-bond donors (Lipinski definition) is 1. The lowest BCUT2D eigenvalue weighted by Gasteiger charge is -2.16. The molecule has 4 heteroatoms. The van der Waals surface area contributed by atoms with Gasteiger partial charge in [-0.1, -0.05) is 30.3 Å². The number of carbonyl (C=O) groups is 1. The SMILES string of the molecule is CNCC1CCN(C(=O)Cc2ccccc2)C1.Cl. The van der Waals surface area contributed by atoms with Crippen LogP contribution in [0.1, 0.15) is 12.0 Å². The van der Waals surface area contributed by atoms with Gasteiger partial charge in [-0.15, -0.1) is 12.4 Å². The van der Waals surface area contributed by atoms with Gasteiger partial charge in [0.05, 0.1) is 6.42 Å². The highest BCUT2D eigenvalue weighted by molar-refractivity contribution is 5.85. The van der Waals surface area contributed by atoms with Gasteiger partial charge >= 0.3 is 0 Å². The molecule has 1 aliphatic heterocycles. The highest BCUT2D eigenvalue weighted by atomic mass is 35.5. The van der Waals surface area contributed by atoms with Crippen LogP contribution in [0.15, 0.2) is 30.3 Å². The molecule has 18 heavy (non-hydrogen) atoms. The number of nitrogens with zero attached hydrogens (tertiary/aromatic N) is 1. The summed E-state index contributed by atoms with van der Waals surface area (Å²) in [5, 5.41) is 3.18. The Morgan fingerprint density at radius 1 is 1.39 bits per heavy atom. The Morgan fingerprint density at radius 3 is 2.78 bits per heavy atom. The summed E-state index contributed by atoms with van der Waals surface area (Å²) in [4.78, 5) is 14.1.